The molecule has 2 atom stereocenters. The molecule has 1 saturated heterocycles. The number of halogens is 3. The molecule has 0 radical (unpaired) electrons. The highest BCUT2D eigenvalue weighted by molar-refractivity contribution is 8.15. The lowest BCUT2D eigenvalue weighted by Crippen LogP contribution is -3.00. The van der Waals surface area contributed by atoms with Gasteiger partial charge in [-0.2, -0.15) is 0 Å². The number of benzene rings is 1. The maximum atomic E-state index is 11.7. The molecule has 4 nitrogen and oxygen atoms in total. The van der Waals surface area contributed by atoms with E-state index in [-0.39, 0.29) is 39.8 Å². The van der Waals surface area contributed by atoms with Crippen LogP contribution in [0.15, 0.2) is 18.2 Å². The molecule has 0 unspecified atom stereocenters. The van der Waals surface area contributed by atoms with Crippen LogP contribution in [-0.4, -0.2) is 41.0 Å². The second kappa shape index (κ2) is 5.68. The highest BCUT2D eigenvalue weighted by Gasteiger charge is 2.50. The summed E-state index contributed by atoms with van der Waals surface area (Å²) in [5.74, 6) is 0.245. The molecule has 9 heteroatoms. The van der Waals surface area contributed by atoms with Crippen molar-refractivity contribution in [3.05, 3.63) is 28.2 Å². The largest absolute Gasteiger partial charge is 1.00 e. The fourth-order valence-electron chi connectivity index (χ4n) is 2.52. The fraction of sp³-hybridized carbons (Fsp3) is 0.364. The van der Waals surface area contributed by atoms with Crippen LogP contribution in [0.4, 0.5) is 5.69 Å². The lowest BCUT2D eigenvalue weighted by atomic mass is 10.2. The number of nitrogens with zero attached hydrogens (tertiary/aromatic N) is 1. The van der Waals surface area contributed by atoms with Gasteiger partial charge in [-0.3, -0.25) is 5.73 Å². The van der Waals surface area contributed by atoms with Crippen LogP contribution in [0.1, 0.15) is 0 Å². The molecule has 3 rings (SSSR count). The van der Waals surface area contributed by atoms with E-state index in [0.717, 1.165) is 0 Å². The lowest BCUT2D eigenvalue weighted by Gasteiger charge is -2.13. The van der Waals surface area contributed by atoms with Gasteiger partial charge in [0.05, 0.1) is 26.8 Å². The fourth-order valence-corrected chi connectivity index (χ4v) is 6.90. The van der Waals surface area contributed by atoms with Crippen LogP contribution in [0.5, 0.6) is 0 Å². The highest BCUT2D eigenvalue weighted by atomic mass is 79.9. The van der Waals surface area contributed by atoms with Gasteiger partial charge in [0.2, 0.25) is 0 Å². The van der Waals surface area contributed by atoms with Crippen LogP contribution in [0, 0.1) is 0 Å². The van der Waals surface area contributed by atoms with Crippen molar-refractivity contribution in [3.63, 3.8) is 0 Å². The third kappa shape index (κ3) is 2.70. The molecular weight excluding hydrogens is 407 g/mol. The first-order chi connectivity index (χ1) is 8.89. The first-order valence-electron chi connectivity index (χ1n) is 5.62. The number of para-hydroxylation sites is 1. The molecule has 2 aliphatic rings. The summed E-state index contributed by atoms with van der Waals surface area (Å²) in [5.41, 5.74) is 6.62. The number of sulfone groups is 1. The van der Waals surface area contributed by atoms with Crippen LogP contribution in [-0.2, 0) is 9.84 Å². The molecule has 0 aromatic heterocycles. The summed E-state index contributed by atoms with van der Waals surface area (Å²) >= 11 is 13.7. The molecule has 0 bridgehead atoms. The Labute approximate surface area is 142 Å². The molecule has 20 heavy (non-hydrogen) atoms. The van der Waals surface area contributed by atoms with Crippen molar-refractivity contribution in [3.8, 4) is 0 Å². The van der Waals surface area contributed by atoms with Crippen LogP contribution in [0.2, 0.25) is 10.0 Å². The molecule has 2 N–H and O–H groups in total. The second-order valence-corrected chi connectivity index (χ2v) is 8.81. The Hall–Kier alpha value is 0.0500. The molecule has 1 fully saturated rings. The van der Waals surface area contributed by atoms with Crippen LogP contribution < -0.4 is 22.7 Å². The molecule has 1 aromatic rings. The molecule has 2 heterocycles. The summed E-state index contributed by atoms with van der Waals surface area (Å²) in [6.45, 7) is 0. The molecule has 0 aliphatic carbocycles. The number of nitrogens with two attached hydrogens (primary N) is 1. The van der Waals surface area contributed by atoms with E-state index in [2.05, 4.69) is 0 Å². The summed E-state index contributed by atoms with van der Waals surface area (Å²) in [6, 6.07) is 5.00. The quantitative estimate of drug-likeness (QED) is 0.587. The van der Waals surface area contributed by atoms with Crippen molar-refractivity contribution >= 4 is 55.7 Å². The van der Waals surface area contributed by atoms with Gasteiger partial charge in [-0.15, -0.1) is 0 Å². The summed E-state index contributed by atoms with van der Waals surface area (Å²) in [6.07, 6.45) is 0. The van der Waals surface area contributed by atoms with Crippen LogP contribution >= 0.6 is 35.0 Å². The Kier molecular flexibility index (Phi) is 4.67. The standard InChI is InChI=1S/C11H10Cl2N2O2S2.BrH/c12-6-2-1-3-7(13)10(6)15-8-4-19(16,17)5-9(8)18-11(15)14;/h1-3,8-9,14H,4-5H2;1H/t8-,9+;/m0./s1. The predicted octanol–water partition coefficient (Wildman–Crippen LogP) is -1.13. The van der Waals surface area contributed by atoms with E-state index in [0.29, 0.717) is 20.9 Å². The SMILES string of the molecule is NC1=[N+](c2c(Cl)cccc2Cl)[C@H]2CS(=O)(=O)C[C@H]2S1.[Br-]. The van der Waals surface area contributed by atoms with Crippen LogP contribution in [0.25, 0.3) is 0 Å². The number of fused-ring (bicyclic) bond motifs is 1. The maximum absolute atomic E-state index is 11.7. The van der Waals surface area contributed by atoms with Gasteiger partial charge in [0.25, 0.3) is 0 Å². The topological polar surface area (TPSA) is 63.2 Å². The van der Waals surface area contributed by atoms with Crippen molar-refractivity contribution in [1.29, 1.82) is 0 Å². The smallest absolute Gasteiger partial charge is 0.310 e. The number of amidine groups is 1. The van der Waals surface area contributed by atoms with E-state index < -0.39 is 9.84 Å². The van der Waals surface area contributed by atoms with Crippen molar-refractivity contribution in [1.82, 2.24) is 0 Å². The van der Waals surface area contributed by atoms with E-state index in [9.17, 15) is 8.42 Å². The normalized spacial score (nSPS) is 27.3. The summed E-state index contributed by atoms with van der Waals surface area (Å²) in [4.78, 5) is 0. The zero-order valence-corrected chi connectivity index (χ0v) is 14.8. The van der Waals surface area contributed by atoms with E-state index in [1.807, 2.05) is 0 Å². The highest BCUT2D eigenvalue weighted by Crippen LogP contribution is 2.41. The Morgan fingerprint density at radius 3 is 2.45 bits per heavy atom. The first kappa shape index (κ1) is 16.4. The molecule has 1 aromatic carbocycles. The van der Waals surface area contributed by atoms with Crippen LogP contribution in [0.3, 0.4) is 0 Å². The first-order valence-corrected chi connectivity index (χ1v) is 9.07. The molecule has 0 saturated carbocycles. The Balaban J connectivity index is 0.00000147. The van der Waals surface area contributed by atoms with Gasteiger partial charge in [0.15, 0.2) is 15.5 Å². The minimum absolute atomic E-state index is 0. The van der Waals surface area contributed by atoms with Gasteiger partial charge < -0.3 is 17.0 Å². The third-order valence-electron chi connectivity index (χ3n) is 3.29. The Morgan fingerprint density at radius 1 is 1.25 bits per heavy atom. The average Bonchev–Trinajstić information content (AvgIpc) is 2.71. The van der Waals surface area contributed by atoms with E-state index in [4.69, 9.17) is 28.9 Å². The second-order valence-electron chi connectivity index (χ2n) is 4.58. The third-order valence-corrected chi connectivity index (χ3v) is 7.05. The lowest BCUT2D eigenvalue weighted by molar-refractivity contribution is -0.470. The predicted molar refractivity (Wildman–Crippen MR) is 79.4 cm³/mol. The minimum atomic E-state index is -3.01. The number of hydrogen-bond donors (Lipinski definition) is 1. The minimum Gasteiger partial charge on any atom is -1.00 e. The molecule has 0 amide bonds. The number of hydrogen-bond acceptors (Lipinski definition) is 4. The van der Waals surface area contributed by atoms with Crippen molar-refractivity contribution < 1.29 is 30.0 Å². The monoisotopic (exact) mass is 416 g/mol. The van der Waals surface area contributed by atoms with Crippen molar-refractivity contribution in [2.45, 2.75) is 11.3 Å². The summed E-state index contributed by atoms with van der Waals surface area (Å²) in [5, 5.41) is 1.46. The number of thioether (sulfide) groups is 1. The Bertz CT molecular complexity index is 673. The van der Waals surface area contributed by atoms with E-state index in [1.165, 1.54) is 11.8 Å². The van der Waals surface area contributed by atoms with Gasteiger partial charge in [-0.1, -0.05) is 29.3 Å². The zero-order valence-electron chi connectivity index (χ0n) is 10.1. The average molecular weight is 418 g/mol. The van der Waals surface area contributed by atoms with Gasteiger partial charge in [0, 0.05) is 0 Å². The molecule has 110 valence electrons. The summed E-state index contributed by atoms with van der Waals surface area (Å²) in [7, 11) is -3.01. The molecule has 0 spiro atoms. The summed E-state index contributed by atoms with van der Waals surface area (Å²) < 4.78 is 25.3. The van der Waals surface area contributed by atoms with Gasteiger partial charge in [-0.25, -0.2) is 13.0 Å². The van der Waals surface area contributed by atoms with Gasteiger partial charge in [-0.05, 0) is 23.9 Å². The van der Waals surface area contributed by atoms with E-state index in [1.54, 1.807) is 22.8 Å². The van der Waals surface area contributed by atoms with Crippen molar-refractivity contribution in [2.75, 3.05) is 11.5 Å². The van der Waals surface area contributed by atoms with Gasteiger partial charge in [0.1, 0.15) is 6.04 Å². The number of rotatable bonds is 1. The maximum Gasteiger partial charge on any atom is 0.310 e. The van der Waals surface area contributed by atoms with E-state index >= 15 is 0 Å². The zero-order chi connectivity index (χ0) is 13.8. The van der Waals surface area contributed by atoms with Gasteiger partial charge >= 0.3 is 5.17 Å². The Morgan fingerprint density at radius 2 is 1.85 bits per heavy atom. The molecule has 2 aliphatic heterocycles. The molecular formula is C11H11BrCl2N2O2S2. The van der Waals surface area contributed by atoms with Crippen molar-refractivity contribution in [2.24, 2.45) is 5.73 Å².